The Hall–Kier alpha value is -4.06. The maximum Gasteiger partial charge on any atom is 0.416 e. The van der Waals surface area contributed by atoms with Gasteiger partial charge in [-0.1, -0.05) is 90.3 Å². The molecule has 1 atom stereocenters. The molecule has 0 heterocycles. The zero-order valence-electron chi connectivity index (χ0n) is 26.2. The Morgan fingerprint density at radius 1 is 0.896 bits per heavy atom. The average molecular weight is 721 g/mol. The first kappa shape index (κ1) is 36.8. The Balaban J connectivity index is 1.86. The molecule has 48 heavy (non-hydrogen) atoms. The Labute approximate surface area is 288 Å². The van der Waals surface area contributed by atoms with E-state index >= 15 is 0 Å². The quantitative estimate of drug-likeness (QED) is 0.154. The topological polar surface area (TPSA) is 86.8 Å². The van der Waals surface area contributed by atoms with E-state index in [4.69, 9.17) is 23.2 Å². The number of nitrogens with zero attached hydrogens (tertiary/aromatic N) is 2. The highest BCUT2D eigenvalue weighted by molar-refractivity contribution is 7.92. The Bertz CT molecular complexity index is 1840. The van der Waals surface area contributed by atoms with Crippen LogP contribution in [0.3, 0.4) is 0 Å². The first-order valence-corrected chi connectivity index (χ1v) is 17.2. The second kappa shape index (κ2) is 15.9. The third-order valence-electron chi connectivity index (χ3n) is 7.53. The van der Waals surface area contributed by atoms with Crippen molar-refractivity contribution in [3.63, 3.8) is 0 Å². The van der Waals surface area contributed by atoms with Crippen molar-refractivity contribution in [3.8, 4) is 0 Å². The highest BCUT2D eigenvalue weighted by atomic mass is 35.5. The smallest absolute Gasteiger partial charge is 0.354 e. The van der Waals surface area contributed by atoms with Gasteiger partial charge < -0.3 is 10.2 Å². The van der Waals surface area contributed by atoms with E-state index < -0.39 is 46.2 Å². The lowest BCUT2D eigenvalue weighted by molar-refractivity contribution is -0.140. The summed E-state index contributed by atoms with van der Waals surface area (Å²) in [4.78, 5) is 29.2. The van der Waals surface area contributed by atoms with Gasteiger partial charge in [-0.25, -0.2) is 8.42 Å². The van der Waals surface area contributed by atoms with Gasteiger partial charge >= 0.3 is 6.18 Å². The fourth-order valence-electron chi connectivity index (χ4n) is 4.96. The van der Waals surface area contributed by atoms with Crippen molar-refractivity contribution in [1.82, 2.24) is 10.2 Å². The van der Waals surface area contributed by atoms with E-state index in [1.165, 1.54) is 29.2 Å². The number of hydrogen-bond acceptors (Lipinski definition) is 4. The van der Waals surface area contributed by atoms with E-state index in [1.54, 1.807) is 61.5 Å². The molecule has 4 aromatic carbocycles. The summed E-state index contributed by atoms with van der Waals surface area (Å²) in [6.07, 6.45) is -4.12. The van der Waals surface area contributed by atoms with Gasteiger partial charge in [-0.3, -0.25) is 13.9 Å². The molecule has 7 nitrogen and oxygen atoms in total. The number of benzene rings is 4. The standard InChI is InChI=1S/C35H34Cl2F3N3O4S/c1-3-18-41-34(45)32(19-25-8-5-4-6-9-25)42(22-26-14-15-28(36)21-31(26)37)33(44)23-43(29-11-7-10-27(20-29)35(38,39)40)48(46,47)30-16-12-24(2)13-17-30/h4-17,20-21,32H,3,18-19,22-23H2,1-2H3,(H,41,45)/t32-/m1/s1. The van der Waals surface area contributed by atoms with Crippen LogP contribution in [-0.2, 0) is 38.8 Å². The van der Waals surface area contributed by atoms with Gasteiger partial charge in [0.05, 0.1) is 16.1 Å². The number of anilines is 1. The van der Waals surface area contributed by atoms with Crippen LogP contribution in [0.5, 0.6) is 0 Å². The van der Waals surface area contributed by atoms with Crippen LogP contribution in [0.4, 0.5) is 18.9 Å². The summed E-state index contributed by atoms with van der Waals surface area (Å²) < 4.78 is 70.2. The zero-order chi connectivity index (χ0) is 35.1. The second-order valence-corrected chi connectivity index (χ2v) is 13.8. The molecule has 0 bridgehead atoms. The summed E-state index contributed by atoms with van der Waals surface area (Å²) in [5.41, 5.74) is 0.419. The maximum atomic E-state index is 14.5. The normalized spacial score (nSPS) is 12.3. The number of rotatable bonds is 13. The summed E-state index contributed by atoms with van der Waals surface area (Å²) in [5, 5.41) is 3.36. The van der Waals surface area contributed by atoms with E-state index in [1.807, 2.05) is 6.92 Å². The van der Waals surface area contributed by atoms with Crippen LogP contribution >= 0.6 is 23.2 Å². The van der Waals surface area contributed by atoms with Crippen LogP contribution in [0.2, 0.25) is 10.0 Å². The summed E-state index contributed by atoms with van der Waals surface area (Å²) in [5.74, 6) is -1.34. The molecular weight excluding hydrogens is 686 g/mol. The molecular formula is C35H34Cl2F3N3O4S. The first-order chi connectivity index (χ1) is 22.7. The molecule has 13 heteroatoms. The Kier molecular flexibility index (Phi) is 12.2. The van der Waals surface area contributed by atoms with Gasteiger partial charge in [0.1, 0.15) is 12.6 Å². The molecule has 0 saturated heterocycles. The number of halogens is 5. The Morgan fingerprint density at radius 2 is 1.58 bits per heavy atom. The van der Waals surface area contributed by atoms with Crippen LogP contribution in [-0.4, -0.2) is 44.3 Å². The molecule has 0 spiro atoms. The van der Waals surface area contributed by atoms with Crippen molar-refractivity contribution in [2.75, 3.05) is 17.4 Å². The predicted molar refractivity (Wildman–Crippen MR) is 181 cm³/mol. The van der Waals surface area contributed by atoms with Gasteiger partial charge in [0.15, 0.2) is 0 Å². The summed E-state index contributed by atoms with van der Waals surface area (Å²) in [6.45, 7) is 2.78. The van der Waals surface area contributed by atoms with Crippen LogP contribution < -0.4 is 9.62 Å². The molecule has 0 radical (unpaired) electrons. The number of carbonyl (C=O) groups excluding carboxylic acids is 2. The fraction of sp³-hybridized carbons (Fsp3) is 0.257. The molecule has 0 aromatic heterocycles. The number of carbonyl (C=O) groups is 2. The third kappa shape index (κ3) is 9.30. The van der Waals surface area contributed by atoms with Crippen LogP contribution in [0.25, 0.3) is 0 Å². The minimum absolute atomic E-state index is 0.0572. The number of sulfonamides is 1. The van der Waals surface area contributed by atoms with Crippen molar-refractivity contribution < 1.29 is 31.2 Å². The van der Waals surface area contributed by atoms with Crippen molar-refractivity contribution >= 4 is 50.7 Å². The molecule has 0 saturated carbocycles. The molecule has 0 fully saturated rings. The minimum atomic E-state index is -4.78. The van der Waals surface area contributed by atoms with Crippen molar-refractivity contribution in [1.29, 1.82) is 0 Å². The van der Waals surface area contributed by atoms with E-state index in [0.717, 1.165) is 23.3 Å². The molecule has 4 aromatic rings. The number of aryl methyl sites for hydroxylation is 1. The monoisotopic (exact) mass is 719 g/mol. The lowest BCUT2D eigenvalue weighted by Gasteiger charge is -2.34. The third-order valence-corrected chi connectivity index (χ3v) is 9.90. The van der Waals surface area contributed by atoms with Crippen LogP contribution in [0.1, 0.15) is 35.6 Å². The number of amides is 2. The largest absolute Gasteiger partial charge is 0.416 e. The molecule has 4 rings (SSSR count). The minimum Gasteiger partial charge on any atom is -0.354 e. The first-order valence-electron chi connectivity index (χ1n) is 15.0. The van der Waals surface area contributed by atoms with Gasteiger partial charge in [0, 0.05) is 29.6 Å². The summed E-state index contributed by atoms with van der Waals surface area (Å²) in [7, 11) is -4.59. The van der Waals surface area contributed by atoms with Crippen molar-refractivity contribution in [2.24, 2.45) is 0 Å². The molecule has 2 amide bonds. The molecule has 0 unspecified atom stereocenters. The van der Waals surface area contributed by atoms with Crippen molar-refractivity contribution in [3.05, 3.63) is 129 Å². The fourth-order valence-corrected chi connectivity index (χ4v) is 6.83. The van der Waals surface area contributed by atoms with E-state index in [-0.39, 0.29) is 28.6 Å². The zero-order valence-corrected chi connectivity index (χ0v) is 28.5. The van der Waals surface area contributed by atoms with Gasteiger partial charge in [0.25, 0.3) is 10.0 Å². The Morgan fingerprint density at radius 3 is 2.21 bits per heavy atom. The molecule has 0 aliphatic rings. The number of nitrogens with one attached hydrogen (secondary N) is 1. The SMILES string of the molecule is CCCNC(=O)[C@@H](Cc1ccccc1)N(Cc1ccc(Cl)cc1Cl)C(=O)CN(c1cccc(C(F)(F)F)c1)S(=O)(=O)c1ccc(C)cc1. The number of hydrogen-bond donors (Lipinski definition) is 1. The molecule has 0 aliphatic heterocycles. The maximum absolute atomic E-state index is 14.5. The van der Waals surface area contributed by atoms with E-state index in [9.17, 15) is 31.2 Å². The van der Waals surface area contributed by atoms with Crippen LogP contribution in [0.15, 0.2) is 102 Å². The van der Waals surface area contributed by atoms with E-state index in [0.29, 0.717) is 33.9 Å². The second-order valence-electron chi connectivity index (χ2n) is 11.1. The van der Waals surface area contributed by atoms with Gasteiger partial charge in [-0.15, -0.1) is 0 Å². The molecule has 0 aliphatic carbocycles. The highest BCUT2D eigenvalue weighted by Crippen LogP contribution is 2.34. The lowest BCUT2D eigenvalue weighted by Crippen LogP contribution is -2.53. The number of alkyl halides is 3. The summed E-state index contributed by atoms with van der Waals surface area (Å²) >= 11 is 12.6. The van der Waals surface area contributed by atoms with Gasteiger partial charge in [-0.05, 0) is 66.9 Å². The average Bonchev–Trinajstić information content (AvgIpc) is 3.05. The lowest BCUT2D eigenvalue weighted by atomic mass is 10.0. The molecule has 1 N–H and O–H groups in total. The predicted octanol–water partition coefficient (Wildman–Crippen LogP) is 7.68. The van der Waals surface area contributed by atoms with Crippen LogP contribution in [0, 0.1) is 6.92 Å². The summed E-state index contributed by atoms with van der Waals surface area (Å²) in [6, 6.07) is 21.9. The van der Waals surface area contributed by atoms with Gasteiger partial charge in [0.2, 0.25) is 11.8 Å². The van der Waals surface area contributed by atoms with Crippen molar-refractivity contribution in [2.45, 2.75) is 50.3 Å². The van der Waals surface area contributed by atoms with E-state index in [2.05, 4.69) is 5.32 Å². The van der Waals surface area contributed by atoms with Gasteiger partial charge in [-0.2, -0.15) is 13.2 Å². The molecule has 254 valence electrons. The highest BCUT2D eigenvalue weighted by Gasteiger charge is 2.36.